The maximum Gasteiger partial charge on any atom is 0.0353 e. The zero-order chi connectivity index (χ0) is 10.0. The first-order valence-electron chi connectivity index (χ1n) is 5.84. The van der Waals surface area contributed by atoms with Crippen molar-refractivity contribution in [2.75, 3.05) is 13.1 Å². The van der Waals surface area contributed by atoms with Crippen molar-refractivity contribution in [3.63, 3.8) is 0 Å². The lowest BCUT2D eigenvalue weighted by Crippen LogP contribution is -2.39. The molecule has 0 aromatic carbocycles. The minimum Gasteiger partial charge on any atom is -0.371 e. The summed E-state index contributed by atoms with van der Waals surface area (Å²) in [7, 11) is 0. The largest absolute Gasteiger partial charge is 0.371 e. The molecular formula is C13H21N. The Hall–Kier alpha value is -0.720. The number of allylic oxidation sites excluding steroid dienone is 1. The zero-order valence-corrected chi connectivity index (χ0v) is 9.10. The Morgan fingerprint density at radius 3 is 2.50 bits per heavy atom. The van der Waals surface area contributed by atoms with E-state index in [4.69, 9.17) is 0 Å². The molecule has 2 aliphatic rings. The van der Waals surface area contributed by atoms with Crippen molar-refractivity contribution in [2.24, 2.45) is 5.41 Å². The Balaban J connectivity index is 2.11. The average Bonchev–Trinajstić information content (AvgIpc) is 2.63. The van der Waals surface area contributed by atoms with E-state index in [9.17, 15) is 0 Å². The van der Waals surface area contributed by atoms with E-state index in [2.05, 4.69) is 18.1 Å². The van der Waals surface area contributed by atoms with E-state index in [-0.39, 0.29) is 0 Å². The lowest BCUT2D eigenvalue weighted by Gasteiger charge is -2.43. The maximum absolute atomic E-state index is 4.33. The van der Waals surface area contributed by atoms with E-state index in [1.165, 1.54) is 50.8 Å². The van der Waals surface area contributed by atoms with E-state index in [1.807, 2.05) is 6.08 Å². The third kappa shape index (κ3) is 1.49. The Bertz CT molecular complexity index is 236. The second-order valence-electron chi connectivity index (χ2n) is 4.77. The van der Waals surface area contributed by atoms with E-state index in [1.54, 1.807) is 0 Å². The van der Waals surface area contributed by atoms with Gasteiger partial charge in [-0.25, -0.2) is 0 Å². The molecular weight excluding hydrogens is 170 g/mol. The quantitative estimate of drug-likeness (QED) is 0.605. The molecule has 14 heavy (non-hydrogen) atoms. The molecule has 1 saturated heterocycles. The van der Waals surface area contributed by atoms with E-state index >= 15 is 0 Å². The minimum atomic E-state index is 0.487. The second-order valence-corrected chi connectivity index (χ2v) is 4.77. The van der Waals surface area contributed by atoms with Gasteiger partial charge in [0.15, 0.2) is 0 Å². The van der Waals surface area contributed by atoms with Crippen LogP contribution in [0.2, 0.25) is 0 Å². The van der Waals surface area contributed by atoms with Gasteiger partial charge in [0.05, 0.1) is 0 Å². The lowest BCUT2D eigenvalue weighted by molar-refractivity contribution is 0.171. The highest BCUT2D eigenvalue weighted by Gasteiger charge is 2.40. The zero-order valence-electron chi connectivity index (χ0n) is 9.10. The third-order valence-electron chi connectivity index (χ3n) is 3.99. The highest BCUT2D eigenvalue weighted by molar-refractivity contribution is 5.15. The van der Waals surface area contributed by atoms with Gasteiger partial charge < -0.3 is 4.90 Å². The first-order valence-corrected chi connectivity index (χ1v) is 5.84. The number of piperidine rings is 1. The number of likely N-dealkylation sites (tertiary alicyclic amines) is 1. The van der Waals surface area contributed by atoms with Crippen LogP contribution in [0.3, 0.4) is 0 Å². The molecule has 2 rings (SSSR count). The number of nitrogens with zero attached hydrogens (tertiary/aromatic N) is 1. The molecule has 0 N–H and O–H groups in total. The predicted octanol–water partition coefficient (Wildman–Crippen LogP) is 3.34. The van der Waals surface area contributed by atoms with Gasteiger partial charge in [0.1, 0.15) is 0 Å². The van der Waals surface area contributed by atoms with Gasteiger partial charge in [-0.1, -0.05) is 25.5 Å². The molecule has 2 fully saturated rings. The van der Waals surface area contributed by atoms with Crippen LogP contribution in [0.4, 0.5) is 0 Å². The maximum atomic E-state index is 4.33. The molecule has 0 aromatic heterocycles. The molecule has 0 atom stereocenters. The van der Waals surface area contributed by atoms with Crippen molar-refractivity contribution < 1.29 is 0 Å². The van der Waals surface area contributed by atoms with Gasteiger partial charge in [-0.2, -0.15) is 0 Å². The van der Waals surface area contributed by atoms with Crippen LogP contribution < -0.4 is 0 Å². The number of rotatable bonds is 2. The van der Waals surface area contributed by atoms with E-state index in [0.717, 1.165) is 6.54 Å². The molecule has 0 bridgehead atoms. The van der Waals surface area contributed by atoms with Crippen LogP contribution in [-0.2, 0) is 0 Å². The summed E-state index contributed by atoms with van der Waals surface area (Å²) in [6, 6.07) is 0. The van der Waals surface area contributed by atoms with Crippen molar-refractivity contribution in [3.05, 3.63) is 24.9 Å². The van der Waals surface area contributed by atoms with Gasteiger partial charge >= 0.3 is 0 Å². The molecule has 78 valence electrons. The smallest absolute Gasteiger partial charge is 0.0353 e. The van der Waals surface area contributed by atoms with Gasteiger partial charge in [0, 0.05) is 24.2 Å². The van der Waals surface area contributed by atoms with Crippen LogP contribution in [0.1, 0.15) is 38.5 Å². The molecule has 1 heterocycles. The Labute approximate surface area is 87.5 Å². The van der Waals surface area contributed by atoms with Gasteiger partial charge in [0.2, 0.25) is 0 Å². The van der Waals surface area contributed by atoms with Crippen molar-refractivity contribution >= 4 is 0 Å². The molecule has 1 saturated carbocycles. The summed E-state index contributed by atoms with van der Waals surface area (Å²) in [6.45, 7) is 10.3. The summed E-state index contributed by atoms with van der Waals surface area (Å²) in [6.07, 6.45) is 10.3. The SMILES string of the molecule is C=CCN1CCCC2(CCCC2)C1=C. The van der Waals surface area contributed by atoms with Crippen LogP contribution in [0.15, 0.2) is 24.9 Å². The van der Waals surface area contributed by atoms with Gasteiger partial charge in [0.25, 0.3) is 0 Å². The summed E-state index contributed by atoms with van der Waals surface area (Å²) in [5.41, 5.74) is 1.89. The highest BCUT2D eigenvalue weighted by Crippen LogP contribution is 2.50. The van der Waals surface area contributed by atoms with Gasteiger partial charge in [-0.05, 0) is 25.7 Å². The minimum absolute atomic E-state index is 0.487. The Morgan fingerprint density at radius 1 is 1.21 bits per heavy atom. The third-order valence-corrected chi connectivity index (χ3v) is 3.99. The fourth-order valence-electron chi connectivity index (χ4n) is 3.17. The van der Waals surface area contributed by atoms with Gasteiger partial charge in [-0.15, -0.1) is 6.58 Å². The van der Waals surface area contributed by atoms with E-state index < -0.39 is 0 Å². The van der Waals surface area contributed by atoms with Crippen LogP contribution in [-0.4, -0.2) is 18.0 Å². The van der Waals surface area contributed by atoms with Crippen LogP contribution in [0.5, 0.6) is 0 Å². The van der Waals surface area contributed by atoms with Crippen LogP contribution >= 0.6 is 0 Å². The topological polar surface area (TPSA) is 3.24 Å². The monoisotopic (exact) mass is 191 g/mol. The van der Waals surface area contributed by atoms with Crippen molar-refractivity contribution in [2.45, 2.75) is 38.5 Å². The number of hydrogen-bond donors (Lipinski definition) is 0. The molecule has 1 spiro atoms. The first kappa shape index (κ1) is 9.82. The molecule has 1 aliphatic heterocycles. The van der Waals surface area contributed by atoms with E-state index in [0.29, 0.717) is 5.41 Å². The normalized spacial score (nSPS) is 25.7. The van der Waals surface area contributed by atoms with Crippen LogP contribution in [0.25, 0.3) is 0 Å². The summed E-state index contributed by atoms with van der Waals surface area (Å²) in [5, 5.41) is 0. The van der Waals surface area contributed by atoms with Crippen molar-refractivity contribution in [1.82, 2.24) is 4.90 Å². The molecule has 0 amide bonds. The Morgan fingerprint density at radius 2 is 1.86 bits per heavy atom. The summed E-state index contributed by atoms with van der Waals surface area (Å²) < 4.78 is 0. The average molecular weight is 191 g/mol. The standard InChI is InChI=1S/C13H21N/c1-3-10-14-11-6-9-13(12(14)2)7-4-5-8-13/h3H,1-2,4-11H2. The van der Waals surface area contributed by atoms with Crippen molar-refractivity contribution in [1.29, 1.82) is 0 Å². The molecule has 1 heteroatoms. The fraction of sp³-hybridized carbons (Fsp3) is 0.692. The second kappa shape index (κ2) is 3.80. The van der Waals surface area contributed by atoms with Crippen molar-refractivity contribution in [3.8, 4) is 0 Å². The molecule has 1 aliphatic carbocycles. The molecule has 0 unspecified atom stereocenters. The van der Waals surface area contributed by atoms with Crippen LogP contribution in [0, 0.1) is 5.41 Å². The first-order chi connectivity index (χ1) is 6.78. The summed E-state index contributed by atoms with van der Waals surface area (Å²) in [5.74, 6) is 0. The lowest BCUT2D eigenvalue weighted by atomic mass is 9.76. The molecule has 1 nitrogen and oxygen atoms in total. The predicted molar refractivity (Wildman–Crippen MR) is 61.0 cm³/mol. The molecule has 0 radical (unpaired) electrons. The fourth-order valence-corrected chi connectivity index (χ4v) is 3.17. The molecule has 0 aromatic rings. The Kier molecular flexibility index (Phi) is 2.66. The highest BCUT2D eigenvalue weighted by atomic mass is 15.1. The van der Waals surface area contributed by atoms with Gasteiger partial charge in [-0.3, -0.25) is 0 Å². The summed E-state index contributed by atoms with van der Waals surface area (Å²) >= 11 is 0. The summed E-state index contributed by atoms with van der Waals surface area (Å²) in [4.78, 5) is 2.43. The number of hydrogen-bond acceptors (Lipinski definition) is 1.